The van der Waals surface area contributed by atoms with Crippen molar-refractivity contribution in [2.24, 2.45) is 11.8 Å². The molecule has 0 aromatic rings. The fourth-order valence-electron chi connectivity index (χ4n) is 4.25. The second-order valence-electron chi connectivity index (χ2n) is 7.01. The van der Waals surface area contributed by atoms with Gasteiger partial charge in [-0.1, -0.05) is 39.5 Å². The molecule has 4 heteroatoms. The highest BCUT2D eigenvalue weighted by atomic mass is 35.5. The first-order chi connectivity index (χ1) is 9.83. The SMILES string of the molecule is CCN(CC)CCCCCCN1CC2CCCCC2C1.Cl.Cl. The standard InChI is InChI=1S/C18H36N2.2ClH/c1-3-19(4-2)13-9-5-6-10-14-20-15-17-11-7-8-12-18(17)16-20;;/h17-18H,3-16H2,1-2H3;2*1H. The van der Waals surface area contributed by atoms with Crippen molar-refractivity contribution in [2.45, 2.75) is 65.2 Å². The molecule has 1 saturated heterocycles. The maximum atomic E-state index is 2.77. The van der Waals surface area contributed by atoms with Crippen molar-refractivity contribution < 1.29 is 0 Å². The molecule has 2 atom stereocenters. The van der Waals surface area contributed by atoms with Crippen LogP contribution in [0.25, 0.3) is 0 Å². The fourth-order valence-corrected chi connectivity index (χ4v) is 4.25. The molecule has 0 N–H and O–H groups in total. The molecule has 0 radical (unpaired) electrons. The Hall–Kier alpha value is 0.500. The summed E-state index contributed by atoms with van der Waals surface area (Å²) in [6.45, 7) is 12.5. The Morgan fingerprint density at radius 1 is 0.818 bits per heavy atom. The molecule has 134 valence electrons. The lowest BCUT2D eigenvalue weighted by Gasteiger charge is -2.23. The zero-order valence-electron chi connectivity index (χ0n) is 14.8. The molecular formula is C18H38Cl2N2. The zero-order chi connectivity index (χ0) is 14.2. The summed E-state index contributed by atoms with van der Waals surface area (Å²) < 4.78 is 0. The molecule has 0 bridgehead atoms. The summed E-state index contributed by atoms with van der Waals surface area (Å²) in [5.41, 5.74) is 0. The lowest BCUT2D eigenvalue weighted by Crippen LogP contribution is -2.24. The van der Waals surface area contributed by atoms with Gasteiger partial charge in [-0.3, -0.25) is 0 Å². The van der Waals surface area contributed by atoms with E-state index in [1.54, 1.807) is 0 Å². The van der Waals surface area contributed by atoms with Gasteiger partial charge in [0.15, 0.2) is 0 Å². The Morgan fingerprint density at radius 3 is 1.91 bits per heavy atom. The maximum Gasteiger partial charge on any atom is 0.00129 e. The number of rotatable bonds is 9. The van der Waals surface area contributed by atoms with Gasteiger partial charge in [-0.2, -0.15) is 0 Å². The molecule has 2 nitrogen and oxygen atoms in total. The van der Waals surface area contributed by atoms with E-state index in [2.05, 4.69) is 23.6 Å². The molecule has 22 heavy (non-hydrogen) atoms. The van der Waals surface area contributed by atoms with E-state index >= 15 is 0 Å². The summed E-state index contributed by atoms with van der Waals surface area (Å²) >= 11 is 0. The molecule has 0 aromatic heterocycles. The minimum Gasteiger partial charge on any atom is -0.304 e. The van der Waals surface area contributed by atoms with Crippen molar-refractivity contribution >= 4 is 24.8 Å². The van der Waals surface area contributed by atoms with Crippen molar-refractivity contribution in [1.82, 2.24) is 9.80 Å². The summed E-state index contributed by atoms with van der Waals surface area (Å²) in [6.07, 6.45) is 11.7. The Kier molecular flexibility index (Phi) is 13.2. The Balaban J connectivity index is 0.00000220. The van der Waals surface area contributed by atoms with Crippen LogP contribution in [0.15, 0.2) is 0 Å². The smallest absolute Gasteiger partial charge is 0.00129 e. The van der Waals surface area contributed by atoms with Crippen LogP contribution in [-0.2, 0) is 0 Å². The van der Waals surface area contributed by atoms with E-state index in [1.165, 1.54) is 90.6 Å². The van der Waals surface area contributed by atoms with E-state index in [0.29, 0.717) is 0 Å². The number of nitrogens with zero attached hydrogens (tertiary/aromatic N) is 2. The van der Waals surface area contributed by atoms with Crippen LogP contribution in [0.3, 0.4) is 0 Å². The maximum absolute atomic E-state index is 2.77. The van der Waals surface area contributed by atoms with Crippen molar-refractivity contribution in [3.63, 3.8) is 0 Å². The molecule has 2 rings (SSSR count). The molecule has 0 amide bonds. The second kappa shape index (κ2) is 12.9. The molecule has 2 fully saturated rings. The van der Waals surface area contributed by atoms with Crippen LogP contribution in [-0.4, -0.2) is 49.1 Å². The van der Waals surface area contributed by atoms with Gasteiger partial charge in [-0.25, -0.2) is 0 Å². The van der Waals surface area contributed by atoms with Crippen molar-refractivity contribution in [2.75, 3.05) is 39.3 Å². The second-order valence-corrected chi connectivity index (χ2v) is 7.01. The summed E-state index contributed by atoms with van der Waals surface area (Å²) in [7, 11) is 0. The normalized spacial score (nSPS) is 24.7. The minimum absolute atomic E-state index is 0. The third-order valence-electron chi connectivity index (χ3n) is 5.65. The first kappa shape index (κ1) is 22.5. The molecule has 1 aliphatic heterocycles. The number of hydrogen-bond donors (Lipinski definition) is 0. The quantitative estimate of drug-likeness (QED) is 0.547. The topological polar surface area (TPSA) is 6.48 Å². The van der Waals surface area contributed by atoms with E-state index in [1.807, 2.05) is 0 Å². The van der Waals surface area contributed by atoms with Gasteiger partial charge in [0.1, 0.15) is 0 Å². The Bertz CT molecular complexity index is 245. The summed E-state index contributed by atoms with van der Waals surface area (Å²) in [4.78, 5) is 5.32. The van der Waals surface area contributed by atoms with Crippen LogP contribution >= 0.6 is 24.8 Å². The lowest BCUT2D eigenvalue weighted by atomic mass is 9.82. The summed E-state index contributed by atoms with van der Waals surface area (Å²) in [6, 6.07) is 0. The van der Waals surface area contributed by atoms with E-state index in [-0.39, 0.29) is 24.8 Å². The molecule has 0 spiro atoms. The van der Waals surface area contributed by atoms with Gasteiger partial charge >= 0.3 is 0 Å². The average molecular weight is 353 g/mol. The predicted octanol–water partition coefficient (Wildman–Crippen LogP) is 4.85. The van der Waals surface area contributed by atoms with E-state index in [4.69, 9.17) is 0 Å². The highest BCUT2D eigenvalue weighted by Gasteiger charge is 2.33. The highest BCUT2D eigenvalue weighted by Crippen LogP contribution is 2.35. The van der Waals surface area contributed by atoms with Crippen LogP contribution in [0.2, 0.25) is 0 Å². The highest BCUT2D eigenvalue weighted by molar-refractivity contribution is 5.85. The first-order valence-corrected chi connectivity index (χ1v) is 9.28. The average Bonchev–Trinajstić information content (AvgIpc) is 2.89. The number of likely N-dealkylation sites (tertiary alicyclic amines) is 1. The van der Waals surface area contributed by atoms with Gasteiger partial charge < -0.3 is 9.80 Å². The molecular weight excluding hydrogens is 315 g/mol. The van der Waals surface area contributed by atoms with Crippen molar-refractivity contribution in [3.05, 3.63) is 0 Å². The number of fused-ring (bicyclic) bond motifs is 1. The number of halogens is 2. The molecule has 1 saturated carbocycles. The Labute approximate surface area is 151 Å². The van der Waals surface area contributed by atoms with Crippen LogP contribution in [0.5, 0.6) is 0 Å². The van der Waals surface area contributed by atoms with Gasteiger partial charge in [-0.05, 0) is 63.7 Å². The van der Waals surface area contributed by atoms with Gasteiger partial charge in [0.05, 0.1) is 0 Å². The largest absolute Gasteiger partial charge is 0.304 e. The monoisotopic (exact) mass is 352 g/mol. The molecule has 1 heterocycles. The third kappa shape index (κ3) is 7.38. The summed E-state index contributed by atoms with van der Waals surface area (Å²) in [5.74, 6) is 2.12. The van der Waals surface area contributed by atoms with Crippen LogP contribution in [0, 0.1) is 11.8 Å². The summed E-state index contributed by atoms with van der Waals surface area (Å²) in [5, 5.41) is 0. The van der Waals surface area contributed by atoms with Crippen LogP contribution < -0.4 is 0 Å². The van der Waals surface area contributed by atoms with Crippen LogP contribution in [0.4, 0.5) is 0 Å². The van der Waals surface area contributed by atoms with Crippen molar-refractivity contribution in [3.8, 4) is 0 Å². The first-order valence-electron chi connectivity index (χ1n) is 9.28. The number of unbranched alkanes of at least 4 members (excludes halogenated alkanes) is 3. The van der Waals surface area contributed by atoms with Gasteiger partial charge in [0.2, 0.25) is 0 Å². The van der Waals surface area contributed by atoms with Crippen LogP contribution in [0.1, 0.15) is 65.2 Å². The molecule has 2 aliphatic rings. The lowest BCUT2D eigenvalue weighted by molar-refractivity contribution is 0.288. The Morgan fingerprint density at radius 2 is 1.36 bits per heavy atom. The molecule has 0 aromatic carbocycles. The predicted molar refractivity (Wildman–Crippen MR) is 103 cm³/mol. The van der Waals surface area contributed by atoms with Gasteiger partial charge in [-0.15, -0.1) is 24.8 Å². The third-order valence-corrected chi connectivity index (χ3v) is 5.65. The van der Waals surface area contributed by atoms with Gasteiger partial charge in [0.25, 0.3) is 0 Å². The van der Waals surface area contributed by atoms with Crippen molar-refractivity contribution in [1.29, 1.82) is 0 Å². The fraction of sp³-hybridized carbons (Fsp3) is 1.00. The van der Waals surface area contributed by atoms with E-state index in [9.17, 15) is 0 Å². The molecule has 1 aliphatic carbocycles. The number of hydrogen-bond acceptors (Lipinski definition) is 2. The van der Waals surface area contributed by atoms with Gasteiger partial charge in [0, 0.05) is 13.1 Å². The van der Waals surface area contributed by atoms with E-state index < -0.39 is 0 Å². The minimum atomic E-state index is 0. The zero-order valence-corrected chi connectivity index (χ0v) is 16.4. The molecule has 2 unspecified atom stereocenters. The van der Waals surface area contributed by atoms with E-state index in [0.717, 1.165) is 11.8 Å².